The van der Waals surface area contributed by atoms with Crippen LogP contribution in [0.5, 0.6) is 0 Å². The molecule has 0 spiro atoms. The van der Waals surface area contributed by atoms with Crippen molar-refractivity contribution < 1.29 is 30.4 Å². The van der Waals surface area contributed by atoms with E-state index in [1.807, 2.05) is 0 Å². The Kier molecular flexibility index (Phi) is 7.81. The van der Waals surface area contributed by atoms with Crippen LogP contribution in [0.15, 0.2) is 52.9 Å². The lowest BCUT2D eigenvalue weighted by Gasteiger charge is -2.33. The molecule has 184 valence electrons. The molecule has 0 amide bonds. The summed E-state index contributed by atoms with van der Waals surface area (Å²) in [6.45, 7) is 1.21. The van der Waals surface area contributed by atoms with Crippen LogP contribution < -0.4 is 9.62 Å². The molecule has 0 saturated carbocycles. The van der Waals surface area contributed by atoms with Crippen LogP contribution in [-0.2, 0) is 22.9 Å². The number of rotatable bonds is 6. The number of anilines is 1. The molecule has 4 rings (SSSR count). The Morgan fingerprint density at radius 1 is 1.06 bits per heavy atom. The molecule has 0 aliphatic carbocycles. The third kappa shape index (κ3) is 5.49. The molecule has 34 heavy (non-hydrogen) atoms. The standard InChI is InChI=1S/C20H19F4N5O3S.ClH/c21-17-12-14(18-26-27-19(32-18)20(22,23)24)6-7-15(17)13-29(16-4-2-1-3-5-16)33(30,31)28-10-8-25-9-11-28;/h1-7,12,25H,8-11,13H2;1H. The molecule has 1 N–H and O–H groups in total. The molecule has 2 aromatic carbocycles. The van der Waals surface area contributed by atoms with Crippen molar-refractivity contribution in [2.45, 2.75) is 12.7 Å². The van der Waals surface area contributed by atoms with Crippen LogP contribution in [0.4, 0.5) is 23.2 Å². The number of hydrogen-bond donors (Lipinski definition) is 1. The van der Waals surface area contributed by atoms with Crippen LogP contribution in [0.2, 0.25) is 0 Å². The van der Waals surface area contributed by atoms with Crippen molar-refractivity contribution >= 4 is 28.3 Å². The van der Waals surface area contributed by atoms with Gasteiger partial charge in [-0.2, -0.15) is 25.9 Å². The predicted octanol–water partition coefficient (Wildman–Crippen LogP) is 3.47. The highest BCUT2D eigenvalue weighted by atomic mass is 35.5. The van der Waals surface area contributed by atoms with Crippen molar-refractivity contribution in [2.75, 3.05) is 30.5 Å². The molecule has 14 heteroatoms. The van der Waals surface area contributed by atoms with E-state index in [-0.39, 0.29) is 43.2 Å². The van der Waals surface area contributed by atoms with Crippen molar-refractivity contribution in [3.8, 4) is 11.5 Å². The van der Waals surface area contributed by atoms with Gasteiger partial charge in [0.25, 0.3) is 0 Å². The van der Waals surface area contributed by atoms with Gasteiger partial charge < -0.3 is 9.73 Å². The third-order valence-electron chi connectivity index (χ3n) is 5.01. The summed E-state index contributed by atoms with van der Waals surface area (Å²) in [5, 5.41) is 9.32. The minimum absolute atomic E-state index is 0. The van der Waals surface area contributed by atoms with Gasteiger partial charge >= 0.3 is 22.3 Å². The second kappa shape index (κ2) is 10.3. The zero-order valence-corrected chi connectivity index (χ0v) is 19.1. The molecule has 0 unspecified atom stereocenters. The monoisotopic (exact) mass is 521 g/mol. The lowest BCUT2D eigenvalue weighted by Crippen LogP contribution is -2.51. The second-order valence-corrected chi connectivity index (χ2v) is 9.07. The summed E-state index contributed by atoms with van der Waals surface area (Å²) in [7, 11) is -3.97. The van der Waals surface area contributed by atoms with Crippen LogP contribution in [-0.4, -0.2) is 49.1 Å². The Morgan fingerprint density at radius 2 is 1.74 bits per heavy atom. The first kappa shape index (κ1) is 25.9. The Labute approximate surface area is 199 Å². The van der Waals surface area contributed by atoms with Crippen LogP contribution in [0.25, 0.3) is 11.5 Å². The Hall–Kier alpha value is -2.74. The average molecular weight is 522 g/mol. The van der Waals surface area contributed by atoms with Crippen LogP contribution >= 0.6 is 12.4 Å². The highest BCUT2D eigenvalue weighted by Gasteiger charge is 2.38. The first-order valence-electron chi connectivity index (χ1n) is 9.89. The van der Waals surface area contributed by atoms with E-state index in [2.05, 4.69) is 19.9 Å². The van der Waals surface area contributed by atoms with Gasteiger partial charge in [-0.25, -0.2) is 4.39 Å². The molecule has 1 aromatic heterocycles. The minimum atomic E-state index is -4.82. The molecular formula is C20H20ClF4N5O3S. The Morgan fingerprint density at radius 3 is 2.32 bits per heavy atom. The SMILES string of the molecule is Cl.O=S(=O)(N1CCNCC1)N(Cc1ccc(-c2nnc(C(F)(F)F)o2)cc1F)c1ccccc1. The van der Waals surface area contributed by atoms with E-state index in [4.69, 9.17) is 0 Å². The molecule has 3 aromatic rings. The predicted molar refractivity (Wildman–Crippen MR) is 118 cm³/mol. The maximum atomic E-state index is 14.9. The first-order chi connectivity index (χ1) is 15.7. The fraction of sp³-hybridized carbons (Fsp3) is 0.300. The smallest absolute Gasteiger partial charge is 0.413 e. The largest absolute Gasteiger partial charge is 0.470 e. The maximum absolute atomic E-state index is 14.9. The normalized spacial score (nSPS) is 15.1. The van der Waals surface area contributed by atoms with Crippen LogP contribution in [0.3, 0.4) is 0 Å². The van der Waals surface area contributed by atoms with Gasteiger partial charge in [0, 0.05) is 37.3 Å². The zero-order valence-electron chi connectivity index (χ0n) is 17.5. The summed E-state index contributed by atoms with van der Waals surface area (Å²) in [5.41, 5.74) is 0.318. The highest BCUT2D eigenvalue weighted by Crippen LogP contribution is 2.31. The Balaban J connectivity index is 0.00000324. The van der Waals surface area contributed by atoms with Crippen LogP contribution in [0.1, 0.15) is 11.5 Å². The summed E-state index contributed by atoms with van der Waals surface area (Å²) in [4.78, 5) is 0. The third-order valence-corrected chi connectivity index (χ3v) is 6.92. The Bertz CT molecular complexity index is 1220. The molecule has 0 bridgehead atoms. The van der Waals surface area contributed by atoms with E-state index in [0.717, 1.165) is 10.4 Å². The quantitative estimate of drug-likeness (QED) is 0.499. The molecule has 0 atom stereocenters. The van der Waals surface area contributed by atoms with E-state index in [1.165, 1.54) is 16.4 Å². The summed E-state index contributed by atoms with van der Waals surface area (Å²) >= 11 is 0. The molecule has 1 fully saturated rings. The van der Waals surface area contributed by atoms with Gasteiger partial charge in [-0.15, -0.1) is 22.6 Å². The lowest BCUT2D eigenvalue weighted by atomic mass is 10.1. The van der Waals surface area contributed by atoms with Gasteiger partial charge in [0.15, 0.2) is 0 Å². The summed E-state index contributed by atoms with van der Waals surface area (Å²) in [6.07, 6.45) is -4.82. The number of piperazine rings is 1. The molecule has 0 radical (unpaired) electrons. The van der Waals surface area contributed by atoms with E-state index in [0.29, 0.717) is 18.8 Å². The number of para-hydroxylation sites is 1. The highest BCUT2D eigenvalue weighted by molar-refractivity contribution is 7.90. The number of halogens is 5. The summed E-state index contributed by atoms with van der Waals surface area (Å²) in [5.74, 6) is -2.86. The van der Waals surface area contributed by atoms with Crippen molar-refractivity contribution in [1.82, 2.24) is 19.8 Å². The average Bonchev–Trinajstić information content (AvgIpc) is 3.30. The van der Waals surface area contributed by atoms with Gasteiger partial charge in [-0.3, -0.25) is 4.31 Å². The lowest BCUT2D eigenvalue weighted by molar-refractivity contribution is -0.156. The number of benzene rings is 2. The maximum Gasteiger partial charge on any atom is 0.470 e. The number of hydrogen-bond acceptors (Lipinski definition) is 6. The topological polar surface area (TPSA) is 91.6 Å². The first-order valence-corrected chi connectivity index (χ1v) is 11.3. The van der Waals surface area contributed by atoms with E-state index < -0.39 is 34.0 Å². The van der Waals surface area contributed by atoms with Gasteiger partial charge in [-0.05, 0) is 24.3 Å². The van der Waals surface area contributed by atoms with E-state index in [9.17, 15) is 26.0 Å². The van der Waals surface area contributed by atoms with Gasteiger partial charge in [0.05, 0.1) is 12.2 Å². The van der Waals surface area contributed by atoms with E-state index >= 15 is 0 Å². The van der Waals surface area contributed by atoms with Crippen LogP contribution in [0, 0.1) is 5.82 Å². The molecular weight excluding hydrogens is 502 g/mol. The second-order valence-electron chi connectivity index (χ2n) is 7.22. The number of alkyl halides is 3. The molecule has 1 aliphatic heterocycles. The minimum Gasteiger partial charge on any atom is -0.413 e. The summed E-state index contributed by atoms with van der Waals surface area (Å²) in [6, 6.07) is 11.8. The van der Waals surface area contributed by atoms with Gasteiger partial charge in [0.1, 0.15) is 5.82 Å². The summed E-state index contributed by atoms with van der Waals surface area (Å²) < 4.78 is 86.7. The van der Waals surface area contributed by atoms with Crippen molar-refractivity contribution in [3.63, 3.8) is 0 Å². The molecule has 1 aliphatic rings. The van der Waals surface area contributed by atoms with Gasteiger partial charge in [0.2, 0.25) is 5.89 Å². The van der Waals surface area contributed by atoms with Crippen molar-refractivity contribution in [1.29, 1.82) is 0 Å². The molecule has 2 heterocycles. The fourth-order valence-corrected chi connectivity index (χ4v) is 4.95. The number of nitrogens with zero attached hydrogens (tertiary/aromatic N) is 4. The van der Waals surface area contributed by atoms with Crippen molar-refractivity contribution in [3.05, 3.63) is 65.8 Å². The number of aromatic nitrogens is 2. The fourth-order valence-electron chi connectivity index (χ4n) is 3.33. The number of nitrogens with one attached hydrogen (secondary N) is 1. The van der Waals surface area contributed by atoms with E-state index in [1.54, 1.807) is 30.3 Å². The van der Waals surface area contributed by atoms with Crippen molar-refractivity contribution in [2.24, 2.45) is 0 Å². The zero-order chi connectivity index (χ0) is 23.6. The molecule has 8 nitrogen and oxygen atoms in total. The molecule has 1 saturated heterocycles. The van der Waals surface area contributed by atoms with Gasteiger partial charge in [-0.1, -0.05) is 24.3 Å².